The summed E-state index contributed by atoms with van der Waals surface area (Å²) in [6, 6.07) is 0. The van der Waals surface area contributed by atoms with Crippen LogP contribution in [0.4, 0.5) is 0 Å². The smallest absolute Gasteiger partial charge is 0.0204 e. The molecule has 13 heavy (non-hydrogen) atoms. The van der Waals surface area contributed by atoms with Crippen molar-refractivity contribution in [3.8, 4) is 0 Å². The van der Waals surface area contributed by atoms with E-state index in [-0.39, 0.29) is 0 Å². The van der Waals surface area contributed by atoms with Crippen molar-refractivity contribution in [2.24, 2.45) is 0 Å². The molecule has 0 aliphatic carbocycles. The first-order valence-corrected chi connectivity index (χ1v) is 6.03. The van der Waals surface area contributed by atoms with Gasteiger partial charge in [0.05, 0.1) is 0 Å². The lowest BCUT2D eigenvalue weighted by atomic mass is 10.3. The number of hydrogen-bond donors (Lipinski definition) is 0. The summed E-state index contributed by atoms with van der Waals surface area (Å²) >= 11 is 2.01. The highest BCUT2D eigenvalue weighted by molar-refractivity contribution is 8.00. The topological polar surface area (TPSA) is 0 Å². The monoisotopic (exact) mass is 198 g/mol. The van der Waals surface area contributed by atoms with Gasteiger partial charge in [0, 0.05) is 11.0 Å². The maximum absolute atomic E-state index is 2.32. The second kappa shape index (κ2) is 7.25. The highest BCUT2D eigenvalue weighted by Crippen LogP contribution is 2.16. The molecule has 1 unspecified atom stereocenters. The van der Waals surface area contributed by atoms with Crippen LogP contribution in [0.3, 0.4) is 0 Å². The molecule has 0 saturated carbocycles. The Balaban J connectivity index is 3.76. The summed E-state index contributed by atoms with van der Waals surface area (Å²) in [5.41, 5.74) is 2.92. The van der Waals surface area contributed by atoms with Crippen LogP contribution in [0.2, 0.25) is 0 Å². The minimum atomic E-state index is 0.644. The van der Waals surface area contributed by atoms with Gasteiger partial charge in [-0.3, -0.25) is 0 Å². The first kappa shape index (κ1) is 12.8. The zero-order valence-electron chi connectivity index (χ0n) is 9.55. The van der Waals surface area contributed by atoms with Crippen LogP contribution >= 0.6 is 11.8 Å². The van der Waals surface area contributed by atoms with Gasteiger partial charge < -0.3 is 0 Å². The Morgan fingerprint density at radius 3 is 2.38 bits per heavy atom. The molecule has 0 spiro atoms. The minimum absolute atomic E-state index is 0.644. The molecule has 0 aromatic heterocycles. The average molecular weight is 198 g/mol. The molecule has 0 fully saturated rings. The fourth-order valence-corrected chi connectivity index (χ4v) is 2.20. The van der Waals surface area contributed by atoms with Crippen LogP contribution in [0.1, 0.15) is 41.0 Å². The van der Waals surface area contributed by atoms with E-state index in [2.05, 4.69) is 46.8 Å². The van der Waals surface area contributed by atoms with E-state index in [4.69, 9.17) is 0 Å². The number of hydrogen-bond acceptors (Lipinski definition) is 1. The second-order valence-electron chi connectivity index (χ2n) is 3.72. The summed E-state index contributed by atoms with van der Waals surface area (Å²) in [5, 5.41) is 0.644. The third-order valence-corrected chi connectivity index (χ3v) is 2.98. The molecule has 1 atom stereocenters. The number of thioether (sulfide) groups is 1. The zero-order valence-corrected chi connectivity index (χ0v) is 10.4. The molecule has 0 radical (unpaired) electrons. The van der Waals surface area contributed by atoms with E-state index >= 15 is 0 Å². The van der Waals surface area contributed by atoms with Gasteiger partial charge in [0.15, 0.2) is 0 Å². The molecule has 0 saturated heterocycles. The third-order valence-electron chi connectivity index (χ3n) is 1.69. The van der Waals surface area contributed by atoms with Crippen molar-refractivity contribution in [3.63, 3.8) is 0 Å². The molecule has 0 amide bonds. The molecular weight excluding hydrogens is 176 g/mol. The fourth-order valence-electron chi connectivity index (χ4n) is 1.19. The van der Waals surface area contributed by atoms with Crippen molar-refractivity contribution in [3.05, 3.63) is 23.3 Å². The van der Waals surface area contributed by atoms with Gasteiger partial charge in [-0.1, -0.05) is 30.2 Å². The standard InChI is InChI=1S/C12H22S/c1-6-7-11(4)9-13-12(5)8-10(2)3/h7-8,12H,6,9H2,1-5H3. The Labute approximate surface area is 87.5 Å². The quantitative estimate of drug-likeness (QED) is 0.589. The van der Waals surface area contributed by atoms with Gasteiger partial charge in [0.1, 0.15) is 0 Å². The lowest BCUT2D eigenvalue weighted by Crippen LogP contribution is -1.94. The van der Waals surface area contributed by atoms with E-state index in [0.29, 0.717) is 5.25 Å². The lowest BCUT2D eigenvalue weighted by molar-refractivity contribution is 1.16. The summed E-state index contributed by atoms with van der Waals surface area (Å²) in [6.45, 7) is 11.0. The molecule has 1 heteroatoms. The molecule has 0 N–H and O–H groups in total. The highest BCUT2D eigenvalue weighted by Gasteiger charge is 1.98. The molecule has 0 rings (SSSR count). The molecule has 0 aliphatic heterocycles. The van der Waals surface area contributed by atoms with Gasteiger partial charge in [-0.25, -0.2) is 0 Å². The van der Waals surface area contributed by atoms with Crippen molar-refractivity contribution in [1.82, 2.24) is 0 Å². The van der Waals surface area contributed by atoms with E-state index in [1.165, 1.54) is 16.9 Å². The fraction of sp³-hybridized carbons (Fsp3) is 0.667. The van der Waals surface area contributed by atoms with Gasteiger partial charge >= 0.3 is 0 Å². The number of allylic oxidation sites excluding steroid dienone is 2. The maximum Gasteiger partial charge on any atom is 0.0204 e. The van der Waals surface area contributed by atoms with Crippen LogP contribution in [-0.2, 0) is 0 Å². The van der Waals surface area contributed by atoms with Gasteiger partial charge in [-0.05, 0) is 34.1 Å². The Hall–Kier alpha value is -0.170. The van der Waals surface area contributed by atoms with Gasteiger partial charge in [0.2, 0.25) is 0 Å². The molecule has 0 aliphatic rings. The molecule has 0 heterocycles. The molecule has 0 nitrogen and oxygen atoms in total. The van der Waals surface area contributed by atoms with Crippen molar-refractivity contribution < 1.29 is 0 Å². The van der Waals surface area contributed by atoms with E-state index < -0.39 is 0 Å². The molecular formula is C12H22S. The van der Waals surface area contributed by atoms with E-state index in [0.717, 1.165) is 6.42 Å². The van der Waals surface area contributed by atoms with E-state index in [1.807, 2.05) is 11.8 Å². The summed E-state index contributed by atoms with van der Waals surface area (Å²) in [7, 11) is 0. The Kier molecular flexibility index (Phi) is 7.16. The molecule has 0 aromatic rings. The highest BCUT2D eigenvalue weighted by atomic mass is 32.2. The Morgan fingerprint density at radius 2 is 1.92 bits per heavy atom. The largest absolute Gasteiger partial charge is 0.150 e. The van der Waals surface area contributed by atoms with Crippen LogP contribution in [0, 0.1) is 0 Å². The predicted molar refractivity (Wildman–Crippen MR) is 65.4 cm³/mol. The summed E-state index contributed by atoms with van der Waals surface area (Å²) in [5.74, 6) is 1.17. The summed E-state index contributed by atoms with van der Waals surface area (Å²) in [6.07, 6.45) is 5.79. The van der Waals surface area contributed by atoms with Gasteiger partial charge in [0.25, 0.3) is 0 Å². The SMILES string of the molecule is CCC=C(C)CSC(C)C=C(C)C. The lowest BCUT2D eigenvalue weighted by Gasteiger charge is -2.07. The number of rotatable bonds is 5. The average Bonchev–Trinajstić information content (AvgIpc) is 2.00. The maximum atomic E-state index is 2.32. The third kappa shape index (κ3) is 8.17. The zero-order chi connectivity index (χ0) is 10.3. The van der Waals surface area contributed by atoms with Gasteiger partial charge in [-0.15, -0.1) is 0 Å². The van der Waals surface area contributed by atoms with Crippen LogP contribution < -0.4 is 0 Å². The van der Waals surface area contributed by atoms with E-state index in [9.17, 15) is 0 Å². The normalized spacial score (nSPS) is 14.1. The van der Waals surface area contributed by atoms with Crippen LogP contribution in [-0.4, -0.2) is 11.0 Å². The van der Waals surface area contributed by atoms with Crippen LogP contribution in [0.15, 0.2) is 23.3 Å². The van der Waals surface area contributed by atoms with Crippen molar-refractivity contribution in [2.45, 2.75) is 46.3 Å². The Bertz CT molecular complexity index is 185. The van der Waals surface area contributed by atoms with Crippen molar-refractivity contribution in [1.29, 1.82) is 0 Å². The second-order valence-corrected chi connectivity index (χ2v) is 5.08. The van der Waals surface area contributed by atoms with Crippen LogP contribution in [0.25, 0.3) is 0 Å². The van der Waals surface area contributed by atoms with E-state index in [1.54, 1.807) is 0 Å². The van der Waals surface area contributed by atoms with Crippen LogP contribution in [0.5, 0.6) is 0 Å². The molecule has 0 aromatic carbocycles. The molecule has 76 valence electrons. The molecule has 0 bridgehead atoms. The van der Waals surface area contributed by atoms with Crippen molar-refractivity contribution >= 4 is 11.8 Å². The predicted octanol–water partition coefficient (Wildman–Crippen LogP) is 4.43. The Morgan fingerprint density at radius 1 is 1.31 bits per heavy atom. The first-order valence-electron chi connectivity index (χ1n) is 4.98. The van der Waals surface area contributed by atoms with Gasteiger partial charge in [-0.2, -0.15) is 11.8 Å². The van der Waals surface area contributed by atoms with Crippen molar-refractivity contribution in [2.75, 3.05) is 5.75 Å². The first-order chi connectivity index (χ1) is 6.06. The minimum Gasteiger partial charge on any atom is -0.150 e. The summed E-state index contributed by atoms with van der Waals surface area (Å²) < 4.78 is 0. The summed E-state index contributed by atoms with van der Waals surface area (Å²) in [4.78, 5) is 0.